The first-order valence-corrected chi connectivity index (χ1v) is 6.55. The average Bonchev–Trinajstić information content (AvgIpc) is 2.26. The molecule has 0 radical (unpaired) electrons. The van der Waals surface area contributed by atoms with Gasteiger partial charge in [-0.1, -0.05) is 25.4 Å². The predicted molar refractivity (Wildman–Crippen MR) is 76.8 cm³/mol. The fourth-order valence-corrected chi connectivity index (χ4v) is 2.23. The first-order chi connectivity index (χ1) is 8.81. The molecule has 0 heterocycles. The Hall–Kier alpha value is -1.33. The van der Waals surface area contributed by atoms with E-state index in [1.165, 1.54) is 12.1 Å². The molecule has 0 aliphatic carbocycles. The van der Waals surface area contributed by atoms with Gasteiger partial charge in [-0.05, 0) is 24.8 Å². The molecule has 1 rings (SSSR count). The maximum atomic E-state index is 10.7. The number of aliphatic hydroxyl groups excluding tert-OH is 1. The summed E-state index contributed by atoms with van der Waals surface area (Å²) in [6.45, 7) is 6.19. The van der Waals surface area contributed by atoms with Gasteiger partial charge in [-0.25, -0.2) is 0 Å². The Bertz CT molecular complexity index is 440. The number of hydrogen-bond donors (Lipinski definition) is 2. The van der Waals surface area contributed by atoms with Crippen LogP contribution in [0.2, 0.25) is 5.02 Å². The summed E-state index contributed by atoms with van der Waals surface area (Å²) in [5.74, 6) is 0.408. The number of nitrogens with zero attached hydrogens (tertiary/aromatic N) is 1. The van der Waals surface area contributed by atoms with Gasteiger partial charge in [0.25, 0.3) is 5.69 Å². The lowest BCUT2D eigenvalue weighted by Crippen LogP contribution is -2.21. The zero-order valence-electron chi connectivity index (χ0n) is 11.3. The summed E-state index contributed by atoms with van der Waals surface area (Å²) in [7, 11) is 0. The quantitative estimate of drug-likeness (QED) is 0.621. The van der Waals surface area contributed by atoms with Gasteiger partial charge in [0.05, 0.1) is 21.7 Å². The molecular formula is C13H19ClN2O3. The van der Waals surface area contributed by atoms with E-state index in [0.29, 0.717) is 35.2 Å². The summed E-state index contributed by atoms with van der Waals surface area (Å²) in [4.78, 5) is 10.2. The van der Waals surface area contributed by atoms with E-state index >= 15 is 0 Å². The fourth-order valence-electron chi connectivity index (χ4n) is 1.90. The highest BCUT2D eigenvalue weighted by Gasteiger charge is 2.14. The zero-order valence-corrected chi connectivity index (χ0v) is 12.1. The van der Waals surface area contributed by atoms with E-state index in [2.05, 4.69) is 5.32 Å². The third-order valence-corrected chi connectivity index (χ3v) is 3.04. The van der Waals surface area contributed by atoms with E-state index in [1.807, 2.05) is 13.8 Å². The molecule has 0 aromatic heterocycles. The first kappa shape index (κ1) is 15.7. The number of nitro groups is 1. The fraction of sp³-hybridized carbons (Fsp3) is 0.538. The van der Waals surface area contributed by atoms with Gasteiger partial charge in [-0.2, -0.15) is 0 Å². The van der Waals surface area contributed by atoms with Gasteiger partial charge in [0, 0.05) is 18.7 Å². The monoisotopic (exact) mass is 286 g/mol. The van der Waals surface area contributed by atoms with Crippen molar-refractivity contribution in [2.75, 3.05) is 11.9 Å². The van der Waals surface area contributed by atoms with Crippen molar-refractivity contribution in [3.05, 3.63) is 32.8 Å². The Morgan fingerprint density at radius 3 is 2.58 bits per heavy atom. The van der Waals surface area contributed by atoms with E-state index in [4.69, 9.17) is 11.6 Å². The number of anilines is 1. The van der Waals surface area contributed by atoms with E-state index in [0.717, 1.165) is 0 Å². The molecule has 0 saturated heterocycles. The standard InChI is InChI=1S/C13H19ClN2O3/c1-8(2)4-11(17)7-15-13-9(3)5-10(16(18)19)6-12(13)14/h5-6,8,11,15,17H,4,7H2,1-3H3. The van der Waals surface area contributed by atoms with Crippen LogP contribution in [0, 0.1) is 23.0 Å². The molecule has 106 valence electrons. The van der Waals surface area contributed by atoms with Gasteiger partial charge < -0.3 is 10.4 Å². The lowest BCUT2D eigenvalue weighted by atomic mass is 10.1. The number of nitrogens with one attached hydrogen (secondary N) is 1. The molecule has 0 amide bonds. The topological polar surface area (TPSA) is 75.4 Å². The lowest BCUT2D eigenvalue weighted by molar-refractivity contribution is -0.384. The van der Waals surface area contributed by atoms with E-state index < -0.39 is 11.0 Å². The molecule has 1 unspecified atom stereocenters. The number of rotatable bonds is 6. The molecule has 0 saturated carbocycles. The maximum absolute atomic E-state index is 10.7. The number of aryl methyl sites for hydroxylation is 1. The van der Waals surface area contributed by atoms with Crippen LogP contribution in [0.4, 0.5) is 11.4 Å². The van der Waals surface area contributed by atoms with Crippen molar-refractivity contribution in [1.82, 2.24) is 0 Å². The van der Waals surface area contributed by atoms with Crippen LogP contribution in [0.1, 0.15) is 25.8 Å². The molecule has 0 aliphatic rings. The molecule has 5 nitrogen and oxygen atoms in total. The van der Waals surface area contributed by atoms with Crippen LogP contribution < -0.4 is 5.32 Å². The van der Waals surface area contributed by atoms with Gasteiger partial charge in [0.2, 0.25) is 0 Å². The Morgan fingerprint density at radius 1 is 1.47 bits per heavy atom. The second-order valence-corrected chi connectivity index (χ2v) is 5.45. The Labute approximate surface area is 117 Å². The molecule has 0 fully saturated rings. The van der Waals surface area contributed by atoms with E-state index in [-0.39, 0.29) is 5.69 Å². The predicted octanol–water partition coefficient (Wildman–Crippen LogP) is 3.38. The summed E-state index contributed by atoms with van der Waals surface area (Å²) in [5.41, 5.74) is 1.29. The number of non-ortho nitro benzene ring substituents is 1. The number of nitro benzene ring substituents is 1. The minimum Gasteiger partial charge on any atom is -0.391 e. The molecule has 1 aromatic rings. The Balaban J connectivity index is 2.77. The van der Waals surface area contributed by atoms with Crippen LogP contribution >= 0.6 is 11.6 Å². The first-order valence-electron chi connectivity index (χ1n) is 6.17. The number of benzene rings is 1. The SMILES string of the molecule is Cc1cc([N+](=O)[O-])cc(Cl)c1NCC(O)CC(C)C. The highest BCUT2D eigenvalue weighted by molar-refractivity contribution is 6.33. The smallest absolute Gasteiger partial charge is 0.271 e. The number of aliphatic hydroxyl groups is 1. The maximum Gasteiger partial charge on any atom is 0.271 e. The molecule has 6 heteroatoms. The van der Waals surface area contributed by atoms with Crippen molar-refractivity contribution >= 4 is 23.0 Å². The van der Waals surface area contributed by atoms with Gasteiger partial charge in [-0.3, -0.25) is 10.1 Å². The van der Waals surface area contributed by atoms with Crippen LogP contribution in [0.3, 0.4) is 0 Å². The molecular weight excluding hydrogens is 268 g/mol. The van der Waals surface area contributed by atoms with Crippen molar-refractivity contribution in [2.24, 2.45) is 5.92 Å². The number of hydrogen-bond acceptors (Lipinski definition) is 4. The summed E-state index contributed by atoms with van der Waals surface area (Å²) in [5, 5.41) is 23.8. The van der Waals surface area contributed by atoms with E-state index in [9.17, 15) is 15.2 Å². The lowest BCUT2D eigenvalue weighted by Gasteiger charge is -2.16. The van der Waals surface area contributed by atoms with Gasteiger partial charge >= 0.3 is 0 Å². The van der Waals surface area contributed by atoms with Crippen molar-refractivity contribution in [2.45, 2.75) is 33.3 Å². The zero-order chi connectivity index (χ0) is 14.6. The van der Waals surface area contributed by atoms with Crippen LogP contribution in [-0.4, -0.2) is 22.7 Å². The third-order valence-electron chi connectivity index (χ3n) is 2.74. The molecule has 19 heavy (non-hydrogen) atoms. The Morgan fingerprint density at radius 2 is 2.11 bits per heavy atom. The summed E-state index contributed by atoms with van der Waals surface area (Å²) in [6.07, 6.45) is 0.224. The van der Waals surface area contributed by atoms with Gasteiger partial charge in [-0.15, -0.1) is 0 Å². The van der Waals surface area contributed by atoms with Crippen LogP contribution in [0.15, 0.2) is 12.1 Å². The van der Waals surface area contributed by atoms with Gasteiger partial charge in [0.1, 0.15) is 0 Å². The largest absolute Gasteiger partial charge is 0.391 e. The highest BCUT2D eigenvalue weighted by Crippen LogP contribution is 2.30. The normalized spacial score (nSPS) is 12.5. The van der Waals surface area contributed by atoms with Gasteiger partial charge in [0.15, 0.2) is 0 Å². The summed E-state index contributed by atoms with van der Waals surface area (Å²) >= 11 is 6.02. The summed E-state index contributed by atoms with van der Waals surface area (Å²) < 4.78 is 0. The van der Waals surface area contributed by atoms with E-state index in [1.54, 1.807) is 6.92 Å². The molecule has 1 aromatic carbocycles. The second-order valence-electron chi connectivity index (χ2n) is 5.04. The highest BCUT2D eigenvalue weighted by atomic mass is 35.5. The van der Waals surface area contributed by atoms with Crippen molar-refractivity contribution < 1.29 is 10.0 Å². The molecule has 1 atom stereocenters. The Kier molecular flexibility index (Phi) is 5.57. The van der Waals surface area contributed by atoms with Crippen molar-refractivity contribution in [1.29, 1.82) is 0 Å². The van der Waals surface area contributed by atoms with Crippen molar-refractivity contribution in [3.8, 4) is 0 Å². The molecule has 0 aliphatic heterocycles. The van der Waals surface area contributed by atoms with Crippen LogP contribution in [-0.2, 0) is 0 Å². The second kappa shape index (κ2) is 6.73. The molecule has 0 spiro atoms. The average molecular weight is 287 g/mol. The summed E-state index contributed by atoms with van der Waals surface area (Å²) in [6, 6.07) is 2.77. The third kappa shape index (κ3) is 4.69. The molecule has 0 bridgehead atoms. The van der Waals surface area contributed by atoms with Crippen LogP contribution in [0.5, 0.6) is 0 Å². The van der Waals surface area contributed by atoms with Crippen molar-refractivity contribution in [3.63, 3.8) is 0 Å². The minimum absolute atomic E-state index is 0.0317. The minimum atomic E-state index is -0.476. The van der Waals surface area contributed by atoms with Crippen LogP contribution in [0.25, 0.3) is 0 Å². The number of halogens is 1. The molecule has 2 N–H and O–H groups in total.